The van der Waals surface area contributed by atoms with Crippen LogP contribution in [0.5, 0.6) is 0 Å². The lowest BCUT2D eigenvalue weighted by Gasteiger charge is -2.25. The third-order valence-electron chi connectivity index (χ3n) is 4.37. The third-order valence-corrected chi connectivity index (χ3v) is 4.37. The molecule has 0 saturated heterocycles. The summed E-state index contributed by atoms with van der Waals surface area (Å²) in [5.41, 5.74) is 1.48. The van der Waals surface area contributed by atoms with Gasteiger partial charge in [-0.25, -0.2) is 0 Å². The molecule has 1 heterocycles. The van der Waals surface area contributed by atoms with Crippen LogP contribution in [0.3, 0.4) is 0 Å². The summed E-state index contributed by atoms with van der Waals surface area (Å²) in [5, 5.41) is 12.4. The molecule has 1 aliphatic carbocycles. The Hall–Kier alpha value is -1.42. The van der Waals surface area contributed by atoms with Gasteiger partial charge in [-0.3, -0.25) is 9.78 Å². The van der Waals surface area contributed by atoms with E-state index in [1.54, 1.807) is 12.3 Å². The Morgan fingerprint density at radius 2 is 2.14 bits per heavy atom. The van der Waals surface area contributed by atoms with Crippen molar-refractivity contribution in [2.75, 3.05) is 13.2 Å². The van der Waals surface area contributed by atoms with Gasteiger partial charge in [0.25, 0.3) is 5.91 Å². The van der Waals surface area contributed by atoms with Crippen LogP contribution in [0.4, 0.5) is 0 Å². The number of carbonyl (C=O) groups excluding carboxylic acids is 1. The van der Waals surface area contributed by atoms with Crippen molar-refractivity contribution in [2.24, 2.45) is 11.8 Å². The van der Waals surface area contributed by atoms with Crippen molar-refractivity contribution in [3.05, 3.63) is 29.6 Å². The fourth-order valence-corrected chi connectivity index (χ4v) is 3.06. The van der Waals surface area contributed by atoms with Crippen LogP contribution in [-0.2, 0) is 0 Å². The van der Waals surface area contributed by atoms with E-state index in [2.05, 4.69) is 10.3 Å². The summed E-state index contributed by atoms with van der Waals surface area (Å²) in [6.45, 7) is 2.58. The average molecular weight is 290 g/mol. The van der Waals surface area contributed by atoms with Gasteiger partial charge in [-0.15, -0.1) is 0 Å². The lowest BCUT2D eigenvalue weighted by molar-refractivity contribution is 0.0932. The smallest absolute Gasteiger partial charge is 0.252 e. The van der Waals surface area contributed by atoms with Crippen molar-refractivity contribution in [3.8, 4) is 0 Å². The number of carbonyl (C=O) groups is 1. The van der Waals surface area contributed by atoms with Crippen LogP contribution in [0.2, 0.25) is 0 Å². The minimum Gasteiger partial charge on any atom is -0.396 e. The van der Waals surface area contributed by atoms with E-state index in [4.69, 9.17) is 0 Å². The fraction of sp³-hybridized carbons (Fsp3) is 0.647. The molecule has 116 valence electrons. The van der Waals surface area contributed by atoms with Gasteiger partial charge in [-0.2, -0.15) is 0 Å². The largest absolute Gasteiger partial charge is 0.396 e. The topological polar surface area (TPSA) is 62.2 Å². The minimum absolute atomic E-state index is 0.107. The van der Waals surface area contributed by atoms with E-state index in [9.17, 15) is 9.90 Å². The van der Waals surface area contributed by atoms with Crippen LogP contribution in [0.25, 0.3) is 0 Å². The first kappa shape index (κ1) is 16.0. The molecule has 0 aliphatic heterocycles. The molecule has 0 aromatic carbocycles. The molecule has 2 N–H and O–H groups in total. The normalized spacial score (nSPS) is 17.4. The quantitative estimate of drug-likeness (QED) is 0.846. The number of pyridine rings is 1. The summed E-state index contributed by atoms with van der Waals surface area (Å²) in [4.78, 5) is 16.2. The molecule has 2 rings (SSSR count). The Morgan fingerprint density at radius 1 is 1.38 bits per heavy atom. The number of nitrogens with zero attached hydrogens (tertiary/aromatic N) is 1. The van der Waals surface area contributed by atoms with Gasteiger partial charge < -0.3 is 10.4 Å². The molecule has 1 unspecified atom stereocenters. The van der Waals surface area contributed by atoms with Crippen molar-refractivity contribution in [1.29, 1.82) is 0 Å². The maximum absolute atomic E-state index is 12.0. The Morgan fingerprint density at radius 3 is 2.76 bits per heavy atom. The van der Waals surface area contributed by atoms with Crippen LogP contribution >= 0.6 is 0 Å². The van der Waals surface area contributed by atoms with E-state index in [1.807, 2.05) is 13.0 Å². The second kappa shape index (κ2) is 8.13. The van der Waals surface area contributed by atoms with Crippen LogP contribution < -0.4 is 5.32 Å². The maximum Gasteiger partial charge on any atom is 0.252 e. The zero-order valence-corrected chi connectivity index (χ0v) is 12.8. The van der Waals surface area contributed by atoms with Gasteiger partial charge in [0.15, 0.2) is 0 Å². The first-order valence-corrected chi connectivity index (χ1v) is 8.00. The molecule has 1 saturated carbocycles. The second-order valence-electron chi connectivity index (χ2n) is 6.19. The SMILES string of the molecule is Cc1ccc(C(=O)NCC(CO)CC2CCCCC2)cn1. The van der Waals surface area contributed by atoms with E-state index >= 15 is 0 Å². The van der Waals surface area contributed by atoms with Crippen LogP contribution in [0.1, 0.15) is 54.6 Å². The number of aliphatic hydroxyl groups excluding tert-OH is 1. The Kier molecular flexibility index (Phi) is 6.18. The van der Waals surface area contributed by atoms with E-state index in [0.717, 1.165) is 12.1 Å². The number of hydrogen-bond donors (Lipinski definition) is 2. The van der Waals surface area contributed by atoms with E-state index < -0.39 is 0 Å². The maximum atomic E-state index is 12.0. The van der Waals surface area contributed by atoms with Crippen LogP contribution in [0, 0.1) is 18.8 Å². The molecule has 1 atom stereocenters. The standard InChI is InChI=1S/C17H26N2O2/c1-13-7-8-16(11-18-13)17(21)19-10-15(12-20)9-14-5-3-2-4-6-14/h7-8,11,14-15,20H,2-6,9-10,12H2,1H3,(H,19,21). The summed E-state index contributed by atoms with van der Waals surface area (Å²) < 4.78 is 0. The summed E-state index contributed by atoms with van der Waals surface area (Å²) in [6, 6.07) is 3.62. The van der Waals surface area contributed by atoms with Gasteiger partial charge in [0.2, 0.25) is 0 Å². The van der Waals surface area contributed by atoms with Gasteiger partial charge >= 0.3 is 0 Å². The summed E-state index contributed by atoms with van der Waals surface area (Å²) in [7, 11) is 0. The highest BCUT2D eigenvalue weighted by atomic mass is 16.3. The van der Waals surface area contributed by atoms with Gasteiger partial charge in [0.1, 0.15) is 0 Å². The third kappa shape index (κ3) is 5.12. The Labute approximate surface area is 127 Å². The monoisotopic (exact) mass is 290 g/mol. The predicted octanol–water partition coefficient (Wildman–Crippen LogP) is 2.70. The molecule has 0 bridgehead atoms. The Balaban J connectivity index is 1.79. The first-order chi connectivity index (χ1) is 10.2. The number of hydrogen-bond acceptors (Lipinski definition) is 3. The van der Waals surface area contributed by atoms with Gasteiger partial charge in [0, 0.05) is 25.0 Å². The van der Waals surface area contributed by atoms with Crippen LogP contribution in [0.15, 0.2) is 18.3 Å². The van der Waals surface area contributed by atoms with E-state index in [0.29, 0.717) is 18.0 Å². The number of aliphatic hydroxyl groups is 1. The van der Waals surface area contributed by atoms with E-state index in [-0.39, 0.29) is 18.4 Å². The molecule has 4 heteroatoms. The molecule has 4 nitrogen and oxygen atoms in total. The zero-order valence-electron chi connectivity index (χ0n) is 12.8. The average Bonchev–Trinajstić information content (AvgIpc) is 2.52. The van der Waals surface area contributed by atoms with Crippen molar-refractivity contribution in [3.63, 3.8) is 0 Å². The highest BCUT2D eigenvalue weighted by molar-refractivity contribution is 5.93. The second-order valence-corrected chi connectivity index (χ2v) is 6.19. The zero-order chi connectivity index (χ0) is 15.1. The predicted molar refractivity (Wildman–Crippen MR) is 83.1 cm³/mol. The molecule has 1 aromatic heterocycles. The Bertz CT molecular complexity index is 439. The molecule has 1 aromatic rings. The number of rotatable bonds is 6. The number of nitrogens with one attached hydrogen (secondary N) is 1. The van der Waals surface area contributed by atoms with Crippen molar-refractivity contribution >= 4 is 5.91 Å². The number of aromatic nitrogens is 1. The fourth-order valence-electron chi connectivity index (χ4n) is 3.06. The lowest BCUT2D eigenvalue weighted by Crippen LogP contribution is -2.32. The van der Waals surface area contributed by atoms with Gasteiger partial charge in [-0.05, 0) is 37.3 Å². The van der Waals surface area contributed by atoms with E-state index in [1.165, 1.54) is 32.1 Å². The molecular formula is C17H26N2O2. The molecule has 21 heavy (non-hydrogen) atoms. The molecule has 0 radical (unpaired) electrons. The summed E-state index contributed by atoms with van der Waals surface area (Å²) in [5.74, 6) is 0.772. The molecule has 1 amide bonds. The molecule has 1 fully saturated rings. The van der Waals surface area contributed by atoms with Gasteiger partial charge in [0.05, 0.1) is 5.56 Å². The van der Waals surface area contributed by atoms with Crippen molar-refractivity contribution < 1.29 is 9.90 Å². The minimum atomic E-state index is -0.107. The highest BCUT2D eigenvalue weighted by Crippen LogP contribution is 2.28. The molecular weight excluding hydrogens is 264 g/mol. The van der Waals surface area contributed by atoms with Crippen LogP contribution in [-0.4, -0.2) is 29.1 Å². The summed E-state index contributed by atoms with van der Waals surface area (Å²) in [6.07, 6.45) is 9.12. The lowest BCUT2D eigenvalue weighted by atomic mass is 9.83. The summed E-state index contributed by atoms with van der Waals surface area (Å²) >= 11 is 0. The molecule has 0 spiro atoms. The highest BCUT2D eigenvalue weighted by Gasteiger charge is 2.19. The van der Waals surface area contributed by atoms with Crippen molar-refractivity contribution in [2.45, 2.75) is 45.4 Å². The molecule has 1 aliphatic rings. The number of amides is 1. The number of aryl methyl sites for hydroxylation is 1. The van der Waals surface area contributed by atoms with Gasteiger partial charge in [-0.1, -0.05) is 32.1 Å². The van der Waals surface area contributed by atoms with Crippen molar-refractivity contribution in [1.82, 2.24) is 10.3 Å². The first-order valence-electron chi connectivity index (χ1n) is 8.00.